The van der Waals surface area contributed by atoms with E-state index in [2.05, 4.69) is 5.32 Å². The smallest absolute Gasteiger partial charge is 0.259 e. The first kappa shape index (κ1) is 20.0. The first-order valence-electron chi connectivity index (χ1n) is 9.24. The number of ether oxygens (including phenoxy) is 1. The Morgan fingerprint density at radius 3 is 2.50 bits per heavy atom. The Hall–Kier alpha value is -2.76. The van der Waals surface area contributed by atoms with E-state index in [9.17, 15) is 9.90 Å². The van der Waals surface area contributed by atoms with Gasteiger partial charge in [0.2, 0.25) is 0 Å². The zero-order chi connectivity index (χ0) is 19.9. The maximum Gasteiger partial charge on any atom is 0.259 e. The number of halogens is 1. The summed E-state index contributed by atoms with van der Waals surface area (Å²) in [5.41, 5.74) is 6.22. The van der Waals surface area contributed by atoms with Gasteiger partial charge in [0.25, 0.3) is 5.91 Å². The van der Waals surface area contributed by atoms with Crippen molar-refractivity contribution in [3.05, 3.63) is 65.2 Å². The number of benzene rings is 3. The van der Waals surface area contributed by atoms with Crippen molar-refractivity contribution in [2.75, 3.05) is 18.5 Å². The second kappa shape index (κ2) is 9.44. The molecule has 6 heteroatoms. The van der Waals surface area contributed by atoms with Crippen molar-refractivity contribution >= 4 is 34.0 Å². The number of rotatable bonds is 8. The van der Waals surface area contributed by atoms with Crippen LogP contribution in [0.15, 0.2) is 54.6 Å². The summed E-state index contributed by atoms with van der Waals surface area (Å²) in [6.45, 7) is 1.17. The molecule has 0 aliphatic carbocycles. The second-order valence-electron chi connectivity index (χ2n) is 6.51. The first-order chi connectivity index (χ1) is 13.6. The molecule has 146 valence electrons. The van der Waals surface area contributed by atoms with Crippen LogP contribution in [-0.2, 0) is 0 Å². The molecule has 0 heterocycles. The molecule has 0 saturated carbocycles. The van der Waals surface area contributed by atoms with E-state index in [0.29, 0.717) is 29.5 Å². The minimum absolute atomic E-state index is 0.0918. The zero-order valence-electron chi connectivity index (χ0n) is 15.5. The van der Waals surface area contributed by atoms with E-state index in [1.54, 1.807) is 18.2 Å². The molecule has 1 amide bonds. The molecule has 0 aliphatic heterocycles. The summed E-state index contributed by atoms with van der Waals surface area (Å²) in [5, 5.41) is 15.1. The van der Waals surface area contributed by atoms with Crippen LogP contribution < -0.4 is 15.8 Å². The maximum atomic E-state index is 12.9. The number of nitrogens with one attached hydrogen (secondary N) is 1. The van der Waals surface area contributed by atoms with Gasteiger partial charge in [-0.25, -0.2) is 0 Å². The van der Waals surface area contributed by atoms with Gasteiger partial charge in [0.15, 0.2) is 0 Å². The van der Waals surface area contributed by atoms with Crippen LogP contribution in [0.4, 0.5) is 5.69 Å². The third kappa shape index (κ3) is 4.94. The van der Waals surface area contributed by atoms with E-state index >= 15 is 0 Å². The van der Waals surface area contributed by atoms with Crippen LogP contribution >= 0.6 is 11.6 Å². The molecule has 0 atom stereocenters. The third-order valence-electron chi connectivity index (χ3n) is 4.41. The molecule has 4 N–H and O–H groups in total. The van der Waals surface area contributed by atoms with Crippen molar-refractivity contribution in [1.29, 1.82) is 0 Å². The highest BCUT2D eigenvalue weighted by Crippen LogP contribution is 2.30. The quantitative estimate of drug-likeness (QED) is 0.370. The summed E-state index contributed by atoms with van der Waals surface area (Å²) in [4.78, 5) is 12.9. The van der Waals surface area contributed by atoms with Gasteiger partial charge in [-0.15, -0.1) is 0 Å². The van der Waals surface area contributed by atoms with Crippen LogP contribution in [-0.4, -0.2) is 24.2 Å². The summed E-state index contributed by atoms with van der Waals surface area (Å²) in [7, 11) is 0. The standard InChI is InChI=1S/C22H23ClN2O3/c23-17-8-9-19(20(26)14-17)25-22(27)18-12-15-6-2-3-7-16(15)13-21(18)28-11-5-1-4-10-24/h2-3,6-9,12-14,26H,1,4-5,10-11,24H2,(H,25,27). The molecule has 3 aromatic carbocycles. The number of amides is 1. The maximum absolute atomic E-state index is 12.9. The van der Waals surface area contributed by atoms with E-state index in [1.165, 1.54) is 6.07 Å². The fraction of sp³-hybridized carbons (Fsp3) is 0.227. The van der Waals surface area contributed by atoms with E-state index in [1.807, 2.05) is 30.3 Å². The summed E-state index contributed by atoms with van der Waals surface area (Å²) in [6, 6.07) is 16.0. The SMILES string of the molecule is NCCCCCOc1cc2ccccc2cc1C(=O)Nc1ccc(Cl)cc1O. The van der Waals surface area contributed by atoms with Crippen molar-refractivity contribution in [1.82, 2.24) is 0 Å². The Morgan fingerprint density at radius 2 is 1.79 bits per heavy atom. The number of carbonyl (C=O) groups is 1. The molecule has 0 unspecified atom stereocenters. The number of fused-ring (bicyclic) bond motifs is 1. The fourth-order valence-corrected chi connectivity index (χ4v) is 3.09. The monoisotopic (exact) mass is 398 g/mol. The lowest BCUT2D eigenvalue weighted by molar-refractivity contribution is 0.102. The minimum Gasteiger partial charge on any atom is -0.506 e. The molecule has 3 aromatic rings. The number of aromatic hydroxyl groups is 1. The molecule has 3 rings (SSSR count). The van der Waals surface area contributed by atoms with Gasteiger partial charge in [-0.2, -0.15) is 0 Å². The Bertz CT molecular complexity index is 975. The van der Waals surface area contributed by atoms with Crippen LogP contribution in [0.3, 0.4) is 0 Å². The average Bonchev–Trinajstić information content (AvgIpc) is 2.69. The average molecular weight is 399 g/mol. The second-order valence-corrected chi connectivity index (χ2v) is 6.95. The van der Waals surface area contributed by atoms with E-state index < -0.39 is 0 Å². The number of hydrogen-bond acceptors (Lipinski definition) is 4. The molecular weight excluding hydrogens is 376 g/mol. The highest BCUT2D eigenvalue weighted by Gasteiger charge is 2.16. The van der Waals surface area contributed by atoms with E-state index in [4.69, 9.17) is 22.1 Å². The summed E-state index contributed by atoms with van der Waals surface area (Å²) >= 11 is 5.85. The molecule has 5 nitrogen and oxygen atoms in total. The molecular formula is C22H23ClN2O3. The topological polar surface area (TPSA) is 84.6 Å². The summed E-state index contributed by atoms with van der Waals surface area (Å²) < 4.78 is 5.91. The van der Waals surface area contributed by atoms with Gasteiger partial charge in [-0.1, -0.05) is 35.9 Å². The van der Waals surface area contributed by atoms with Crippen LogP contribution in [0, 0.1) is 0 Å². The zero-order valence-corrected chi connectivity index (χ0v) is 16.2. The van der Waals surface area contributed by atoms with Crippen molar-refractivity contribution in [2.24, 2.45) is 5.73 Å². The molecule has 28 heavy (non-hydrogen) atoms. The summed E-state index contributed by atoms with van der Waals surface area (Å²) in [5.74, 6) is 0.0589. The number of anilines is 1. The predicted molar refractivity (Wildman–Crippen MR) is 113 cm³/mol. The fourth-order valence-electron chi connectivity index (χ4n) is 2.92. The Morgan fingerprint density at radius 1 is 1.04 bits per heavy atom. The number of nitrogens with two attached hydrogens (primary N) is 1. The Labute approximate surface area is 169 Å². The van der Waals surface area contributed by atoms with Crippen molar-refractivity contribution in [3.63, 3.8) is 0 Å². The van der Waals surface area contributed by atoms with Crippen LogP contribution in [0.1, 0.15) is 29.6 Å². The number of phenolic OH excluding ortho intramolecular Hbond substituents is 1. The normalized spacial score (nSPS) is 10.8. The minimum atomic E-state index is -0.361. The molecule has 0 spiro atoms. The van der Waals surface area contributed by atoms with Gasteiger partial charge in [0.05, 0.1) is 17.9 Å². The number of unbranched alkanes of at least 4 members (excludes halogenated alkanes) is 2. The van der Waals surface area contributed by atoms with Gasteiger partial charge in [-0.05, 0) is 60.8 Å². The molecule has 0 radical (unpaired) electrons. The largest absolute Gasteiger partial charge is 0.506 e. The van der Waals surface area contributed by atoms with Gasteiger partial charge < -0.3 is 20.9 Å². The van der Waals surface area contributed by atoms with Gasteiger partial charge in [0, 0.05) is 11.1 Å². The lowest BCUT2D eigenvalue weighted by Crippen LogP contribution is -2.14. The molecule has 0 aliphatic rings. The molecule has 0 saturated heterocycles. The summed E-state index contributed by atoms with van der Waals surface area (Å²) in [6.07, 6.45) is 2.79. The van der Waals surface area contributed by atoms with Gasteiger partial charge in [-0.3, -0.25) is 4.79 Å². The van der Waals surface area contributed by atoms with Crippen molar-refractivity contribution in [2.45, 2.75) is 19.3 Å². The Kier molecular flexibility index (Phi) is 6.74. The van der Waals surface area contributed by atoms with Crippen LogP contribution in [0.2, 0.25) is 5.02 Å². The highest BCUT2D eigenvalue weighted by molar-refractivity contribution is 6.30. The lowest BCUT2D eigenvalue weighted by Gasteiger charge is -2.14. The van der Waals surface area contributed by atoms with Crippen molar-refractivity contribution < 1.29 is 14.6 Å². The van der Waals surface area contributed by atoms with E-state index in [-0.39, 0.29) is 17.3 Å². The van der Waals surface area contributed by atoms with Gasteiger partial charge >= 0.3 is 0 Å². The van der Waals surface area contributed by atoms with Crippen molar-refractivity contribution in [3.8, 4) is 11.5 Å². The highest BCUT2D eigenvalue weighted by atomic mass is 35.5. The van der Waals surface area contributed by atoms with Gasteiger partial charge in [0.1, 0.15) is 11.5 Å². The predicted octanol–water partition coefficient (Wildman–Crippen LogP) is 4.96. The van der Waals surface area contributed by atoms with Crippen LogP contribution in [0.5, 0.6) is 11.5 Å². The first-order valence-corrected chi connectivity index (χ1v) is 9.62. The molecule has 0 aromatic heterocycles. The van der Waals surface area contributed by atoms with E-state index in [0.717, 1.165) is 30.0 Å². The number of hydrogen-bond donors (Lipinski definition) is 3. The van der Waals surface area contributed by atoms with Crippen LogP contribution in [0.25, 0.3) is 10.8 Å². The number of carbonyl (C=O) groups excluding carboxylic acids is 1. The number of phenols is 1. The third-order valence-corrected chi connectivity index (χ3v) is 4.64. The Balaban J connectivity index is 1.86. The molecule has 0 fully saturated rings. The molecule has 0 bridgehead atoms. The lowest BCUT2D eigenvalue weighted by atomic mass is 10.0.